The predicted octanol–water partition coefficient (Wildman–Crippen LogP) is -3.37. The number of nitrogens with two attached hydrogens (primary N) is 1. The van der Waals surface area contributed by atoms with Gasteiger partial charge in [0.05, 0.1) is 18.3 Å². The number of aliphatic hydroxyl groups excluding tert-OH is 1. The summed E-state index contributed by atoms with van der Waals surface area (Å²) in [5.74, 6) is -2.60. The summed E-state index contributed by atoms with van der Waals surface area (Å²) < 4.78 is 2.98. The molecule has 4 heterocycles. The number of fused-ring (bicyclic) bond motifs is 1. The Morgan fingerprint density at radius 3 is 2.71 bits per heavy atom. The van der Waals surface area contributed by atoms with E-state index in [0.717, 1.165) is 4.90 Å². The van der Waals surface area contributed by atoms with Crippen LogP contribution in [-0.2, 0) is 39.4 Å². The molecule has 0 bridgehead atoms. The average Bonchev–Trinajstić information content (AvgIpc) is 3.18. The SMILES string of the molecule is CO/N=C(\C(=O)N[C@@H]1C(=O)N2C(C(=O)[O-])=C(C[n+]3ccc(CO)cc3)CS[C@H]12)c1nc(N)n(C)n1. The molecule has 1 saturated heterocycles. The number of nitrogens with zero attached hydrogens (tertiary/aromatic N) is 6. The molecule has 0 aliphatic carbocycles. The third-order valence-electron chi connectivity index (χ3n) is 5.45. The number of anilines is 1. The Hall–Kier alpha value is -3.98. The highest BCUT2D eigenvalue weighted by Gasteiger charge is 2.53. The van der Waals surface area contributed by atoms with E-state index in [1.165, 1.54) is 30.6 Å². The van der Waals surface area contributed by atoms with Gasteiger partial charge in [-0.1, -0.05) is 5.16 Å². The van der Waals surface area contributed by atoms with Gasteiger partial charge in [0.2, 0.25) is 17.5 Å². The number of thioether (sulfide) groups is 1. The molecule has 0 radical (unpaired) electrons. The lowest BCUT2D eigenvalue weighted by atomic mass is 10.0. The minimum Gasteiger partial charge on any atom is -0.543 e. The first kappa shape index (κ1) is 24.2. The van der Waals surface area contributed by atoms with Crippen molar-refractivity contribution in [3.05, 3.63) is 47.2 Å². The van der Waals surface area contributed by atoms with Crippen LogP contribution in [0.15, 0.2) is 41.0 Å². The number of hydrogen-bond acceptors (Lipinski definition) is 11. The molecular formula is C20H22N8O6S. The van der Waals surface area contributed by atoms with Crippen LogP contribution in [0.2, 0.25) is 0 Å². The van der Waals surface area contributed by atoms with Crippen LogP contribution in [-0.4, -0.2) is 72.5 Å². The number of aliphatic hydroxyl groups is 1. The van der Waals surface area contributed by atoms with E-state index in [4.69, 9.17) is 10.6 Å². The second-order valence-electron chi connectivity index (χ2n) is 7.68. The summed E-state index contributed by atoms with van der Waals surface area (Å²) in [5, 5.41) is 30.7. The summed E-state index contributed by atoms with van der Waals surface area (Å²) in [4.78, 5) is 47.5. The third kappa shape index (κ3) is 4.54. The van der Waals surface area contributed by atoms with E-state index in [2.05, 4.69) is 20.6 Å². The van der Waals surface area contributed by atoms with Crippen molar-refractivity contribution in [2.75, 3.05) is 18.6 Å². The zero-order valence-electron chi connectivity index (χ0n) is 18.7. The number of aromatic nitrogens is 4. The van der Waals surface area contributed by atoms with Crippen molar-refractivity contribution >= 4 is 41.2 Å². The molecule has 0 unspecified atom stereocenters. The van der Waals surface area contributed by atoms with Crippen molar-refractivity contribution in [2.24, 2.45) is 12.2 Å². The fourth-order valence-electron chi connectivity index (χ4n) is 3.69. The number of β-lactam (4-membered cyclic amide) rings is 1. The molecule has 0 saturated carbocycles. The van der Waals surface area contributed by atoms with Crippen molar-refractivity contribution in [3.8, 4) is 0 Å². The van der Waals surface area contributed by atoms with E-state index in [-0.39, 0.29) is 36.3 Å². The van der Waals surface area contributed by atoms with Gasteiger partial charge in [-0.3, -0.25) is 14.5 Å². The van der Waals surface area contributed by atoms with Crippen LogP contribution in [0.25, 0.3) is 0 Å². The predicted molar refractivity (Wildman–Crippen MR) is 119 cm³/mol. The lowest BCUT2D eigenvalue weighted by Crippen LogP contribution is -2.71. The maximum absolute atomic E-state index is 12.9. The zero-order chi connectivity index (χ0) is 25.3. The Kier molecular flexibility index (Phi) is 6.70. The van der Waals surface area contributed by atoms with E-state index >= 15 is 0 Å². The van der Waals surface area contributed by atoms with Crippen molar-refractivity contribution in [2.45, 2.75) is 24.6 Å². The second-order valence-corrected chi connectivity index (χ2v) is 8.78. The molecule has 15 heteroatoms. The number of carbonyl (C=O) groups is 3. The summed E-state index contributed by atoms with van der Waals surface area (Å²) >= 11 is 1.31. The standard InChI is InChI=1S/C20H22N8O6S/c1-26-20(21)23-15(24-26)12(25-34-2)16(30)22-13-17(31)28-14(19(32)33)11(9-35-18(13)28)7-27-5-3-10(8-29)4-6-27/h3-6,13,18,29H,7-9H2,1-2H3,(H3-,21,22,23,24,30,32,33)/b25-12-/t13-,18-/m1/s1. The number of nitrogens with one attached hydrogen (secondary N) is 1. The summed E-state index contributed by atoms with van der Waals surface area (Å²) in [6.07, 6.45) is 3.41. The van der Waals surface area contributed by atoms with Gasteiger partial charge < -0.3 is 30.9 Å². The normalized spacial score (nSPS) is 19.8. The summed E-state index contributed by atoms with van der Waals surface area (Å²) in [5.41, 5.74) is 6.37. The fourth-order valence-corrected chi connectivity index (χ4v) is 5.03. The van der Waals surface area contributed by atoms with Gasteiger partial charge in [0.25, 0.3) is 11.8 Å². The average molecular weight is 503 g/mol. The molecule has 2 amide bonds. The Balaban J connectivity index is 1.52. The molecule has 0 spiro atoms. The molecule has 2 aromatic heterocycles. The molecule has 4 N–H and O–H groups in total. The Morgan fingerprint density at radius 2 is 2.14 bits per heavy atom. The number of carboxylic acid groups (broad SMARTS) is 1. The Morgan fingerprint density at radius 1 is 1.43 bits per heavy atom. The molecule has 2 atom stereocenters. The highest BCUT2D eigenvalue weighted by atomic mass is 32.2. The molecular weight excluding hydrogens is 480 g/mol. The number of nitrogen functional groups attached to an aromatic ring is 1. The molecule has 35 heavy (non-hydrogen) atoms. The van der Waals surface area contributed by atoms with Crippen molar-refractivity contribution in [3.63, 3.8) is 0 Å². The number of aryl methyl sites for hydroxylation is 1. The highest BCUT2D eigenvalue weighted by Crippen LogP contribution is 2.40. The highest BCUT2D eigenvalue weighted by molar-refractivity contribution is 8.00. The molecule has 2 aromatic rings. The smallest absolute Gasteiger partial charge is 0.278 e. The maximum atomic E-state index is 12.9. The largest absolute Gasteiger partial charge is 0.543 e. The summed E-state index contributed by atoms with van der Waals surface area (Å²) in [6, 6.07) is 2.42. The zero-order valence-corrected chi connectivity index (χ0v) is 19.6. The summed E-state index contributed by atoms with van der Waals surface area (Å²) in [6.45, 7) is 0.105. The van der Waals surface area contributed by atoms with Gasteiger partial charge in [0, 0.05) is 30.5 Å². The first-order valence-electron chi connectivity index (χ1n) is 10.3. The topological polar surface area (TPSA) is 192 Å². The Labute approximate surface area is 203 Å². The van der Waals surface area contributed by atoms with Gasteiger partial charge in [0.15, 0.2) is 18.9 Å². The molecule has 14 nitrogen and oxygen atoms in total. The van der Waals surface area contributed by atoms with Crippen LogP contribution in [0.1, 0.15) is 11.4 Å². The molecule has 1 fully saturated rings. The van der Waals surface area contributed by atoms with Crippen LogP contribution in [0.3, 0.4) is 0 Å². The first-order valence-corrected chi connectivity index (χ1v) is 11.4. The number of rotatable bonds is 8. The number of hydrogen-bond donors (Lipinski definition) is 3. The fraction of sp³-hybridized carbons (Fsp3) is 0.350. The molecule has 2 aliphatic rings. The van der Waals surface area contributed by atoms with Gasteiger partial charge in [-0.2, -0.15) is 4.98 Å². The van der Waals surface area contributed by atoms with Gasteiger partial charge >= 0.3 is 0 Å². The van der Waals surface area contributed by atoms with Crippen molar-refractivity contribution in [1.82, 2.24) is 25.0 Å². The molecule has 0 aromatic carbocycles. The minimum atomic E-state index is -1.48. The number of amides is 2. The molecule has 2 aliphatic heterocycles. The number of aliphatic carboxylic acids is 1. The Bertz CT molecular complexity index is 1220. The first-order chi connectivity index (χ1) is 16.7. The van der Waals surface area contributed by atoms with E-state index in [9.17, 15) is 24.6 Å². The molecule has 184 valence electrons. The van der Waals surface area contributed by atoms with Crippen LogP contribution in [0.5, 0.6) is 0 Å². The van der Waals surface area contributed by atoms with Crippen LogP contribution in [0.4, 0.5) is 5.95 Å². The van der Waals surface area contributed by atoms with Gasteiger partial charge in [0.1, 0.15) is 18.5 Å². The number of pyridine rings is 1. The lowest BCUT2D eigenvalue weighted by molar-refractivity contribution is -0.689. The lowest BCUT2D eigenvalue weighted by Gasteiger charge is -2.50. The van der Waals surface area contributed by atoms with E-state index in [0.29, 0.717) is 16.9 Å². The second kappa shape index (κ2) is 9.71. The van der Waals surface area contributed by atoms with Gasteiger partial charge in [-0.25, -0.2) is 9.25 Å². The molecule has 4 rings (SSSR count). The maximum Gasteiger partial charge on any atom is 0.278 e. The van der Waals surface area contributed by atoms with E-state index in [1.807, 2.05) is 0 Å². The number of oxime groups is 1. The van der Waals surface area contributed by atoms with Gasteiger partial charge in [-0.15, -0.1) is 16.9 Å². The minimum absolute atomic E-state index is 0.0467. The van der Waals surface area contributed by atoms with Crippen molar-refractivity contribution < 1.29 is 34.0 Å². The number of carboxylic acids is 1. The van der Waals surface area contributed by atoms with Crippen LogP contribution in [0, 0.1) is 0 Å². The summed E-state index contributed by atoms with van der Waals surface area (Å²) in [7, 11) is 2.77. The third-order valence-corrected chi connectivity index (χ3v) is 6.79. The van der Waals surface area contributed by atoms with Gasteiger partial charge in [-0.05, 0) is 5.56 Å². The van der Waals surface area contributed by atoms with E-state index in [1.54, 1.807) is 29.1 Å². The van der Waals surface area contributed by atoms with Crippen molar-refractivity contribution in [1.29, 1.82) is 0 Å². The quantitative estimate of drug-likeness (QED) is 0.142. The van der Waals surface area contributed by atoms with Crippen LogP contribution >= 0.6 is 11.8 Å². The van der Waals surface area contributed by atoms with Crippen LogP contribution < -0.4 is 20.7 Å². The number of carbonyl (C=O) groups excluding carboxylic acids is 3. The van der Waals surface area contributed by atoms with E-state index < -0.39 is 29.2 Å². The monoisotopic (exact) mass is 502 g/mol.